The lowest BCUT2D eigenvalue weighted by Crippen LogP contribution is -2.44. The third-order valence-electron chi connectivity index (χ3n) is 5.29. The monoisotopic (exact) mass is 392 g/mol. The van der Waals surface area contributed by atoms with Crippen molar-refractivity contribution < 1.29 is 8.42 Å². The van der Waals surface area contributed by atoms with E-state index in [2.05, 4.69) is 16.8 Å². The van der Waals surface area contributed by atoms with Crippen LogP contribution in [0.5, 0.6) is 0 Å². The summed E-state index contributed by atoms with van der Waals surface area (Å²) < 4.78 is 26.4. The molecule has 2 bridgehead atoms. The van der Waals surface area contributed by atoms with Crippen molar-refractivity contribution in [2.45, 2.75) is 23.4 Å². The average molecular weight is 393 g/mol. The van der Waals surface area contributed by atoms with Crippen LogP contribution < -0.4 is 14.5 Å². The van der Waals surface area contributed by atoms with Crippen molar-refractivity contribution in [2.24, 2.45) is 0 Å². The lowest BCUT2D eigenvalue weighted by Gasteiger charge is -2.34. The Balaban J connectivity index is 1.62. The van der Waals surface area contributed by atoms with Crippen molar-refractivity contribution in [2.75, 3.05) is 34.6 Å². The summed E-state index contributed by atoms with van der Waals surface area (Å²) in [5.74, 6) is 0. The number of benzene rings is 2. The first-order chi connectivity index (χ1) is 12.4. The Morgan fingerprint density at radius 2 is 1.85 bits per heavy atom. The number of hydrogen-bond acceptors (Lipinski definition) is 5. The molecular formula is C18H21ClN4O2S. The lowest BCUT2D eigenvalue weighted by molar-refractivity contribution is 0.293. The molecule has 2 fully saturated rings. The van der Waals surface area contributed by atoms with Gasteiger partial charge >= 0.3 is 0 Å². The first kappa shape index (κ1) is 17.5. The number of likely N-dealkylation sites (tertiary alicyclic amines) is 1. The molecule has 8 heteroatoms. The smallest absolute Gasteiger partial charge is 0.278 e. The zero-order valence-corrected chi connectivity index (χ0v) is 16.0. The van der Waals surface area contributed by atoms with Gasteiger partial charge in [0.15, 0.2) is 0 Å². The molecule has 2 N–H and O–H groups in total. The number of piperazine rings is 1. The van der Waals surface area contributed by atoms with E-state index in [0.717, 1.165) is 29.0 Å². The van der Waals surface area contributed by atoms with Crippen LogP contribution >= 0.6 is 11.8 Å². The second-order valence-corrected chi connectivity index (χ2v) is 9.24. The predicted octanol–water partition coefficient (Wildman–Crippen LogP) is 2.51. The molecule has 0 saturated carbocycles. The number of anilines is 3. The Morgan fingerprint density at radius 3 is 2.42 bits per heavy atom. The highest BCUT2D eigenvalue weighted by atomic mass is 35.5. The van der Waals surface area contributed by atoms with E-state index in [1.54, 1.807) is 42.5 Å². The van der Waals surface area contributed by atoms with Crippen molar-refractivity contribution in [1.29, 1.82) is 0 Å². The molecule has 2 saturated heterocycles. The zero-order valence-electron chi connectivity index (χ0n) is 14.4. The van der Waals surface area contributed by atoms with Crippen LogP contribution in [0.4, 0.5) is 17.1 Å². The van der Waals surface area contributed by atoms with Crippen LogP contribution in [-0.2, 0) is 10.0 Å². The molecule has 26 heavy (non-hydrogen) atoms. The van der Waals surface area contributed by atoms with Gasteiger partial charge in [0, 0.05) is 36.9 Å². The molecule has 138 valence electrons. The van der Waals surface area contributed by atoms with Crippen LogP contribution in [0.15, 0.2) is 53.4 Å². The average Bonchev–Trinajstić information content (AvgIpc) is 3.21. The van der Waals surface area contributed by atoms with Gasteiger partial charge in [0.05, 0.1) is 22.0 Å². The molecule has 2 atom stereocenters. The van der Waals surface area contributed by atoms with Gasteiger partial charge in [-0.2, -0.15) is 12.2 Å². The summed E-state index contributed by atoms with van der Waals surface area (Å²) in [7, 11) is -1.74. The van der Waals surface area contributed by atoms with E-state index in [-0.39, 0.29) is 4.90 Å². The van der Waals surface area contributed by atoms with Gasteiger partial charge in [0.1, 0.15) is 0 Å². The van der Waals surface area contributed by atoms with Gasteiger partial charge in [-0.1, -0.05) is 18.2 Å². The number of fused-ring (bicyclic) bond motifs is 2. The summed E-state index contributed by atoms with van der Waals surface area (Å²) in [5, 5.41) is 0. The number of para-hydroxylation sites is 1. The zero-order chi connectivity index (χ0) is 18.5. The van der Waals surface area contributed by atoms with Crippen molar-refractivity contribution in [3.05, 3.63) is 48.5 Å². The molecule has 0 radical (unpaired) electrons. The molecule has 2 aromatic rings. The molecule has 2 heterocycles. The summed E-state index contributed by atoms with van der Waals surface area (Å²) in [5.41, 5.74) is 7.96. The number of likely N-dealkylation sites (N-methyl/N-ethyl adjacent to an activating group) is 1. The summed E-state index contributed by atoms with van der Waals surface area (Å²) in [6.07, 6.45) is 1.12. The number of nitrogens with two attached hydrogens (primary N) is 1. The Bertz CT molecular complexity index is 920. The Labute approximate surface area is 158 Å². The highest BCUT2D eigenvalue weighted by Gasteiger charge is 2.42. The molecule has 2 aliphatic heterocycles. The minimum atomic E-state index is -3.88. The highest BCUT2D eigenvalue weighted by molar-refractivity contribution is 7.94. The van der Waals surface area contributed by atoms with Crippen LogP contribution in [0, 0.1) is 0 Å². The quantitative estimate of drug-likeness (QED) is 0.639. The fourth-order valence-electron chi connectivity index (χ4n) is 3.89. The van der Waals surface area contributed by atoms with Crippen LogP contribution in [-0.4, -0.2) is 45.5 Å². The summed E-state index contributed by atoms with van der Waals surface area (Å²) in [6.45, 7) is 1.93. The normalized spacial score (nSPS) is 22.8. The standard InChI is InChI=1S/C18H21ClN4O2S/c1-21-11-15-9-14(21)12-22(15)18-8-7-16(10-17(18)20)26(24,25)23(19)13-5-3-2-4-6-13/h2-8,10,14-15H,9,11-12,20H2,1H3. The minimum absolute atomic E-state index is 0.0825. The third kappa shape index (κ3) is 2.80. The molecule has 4 rings (SSSR count). The lowest BCUT2D eigenvalue weighted by atomic mass is 10.2. The largest absolute Gasteiger partial charge is 0.397 e. The highest BCUT2D eigenvalue weighted by Crippen LogP contribution is 2.38. The SMILES string of the molecule is CN1CC2CC1CN2c1ccc(S(=O)(=O)N(Cl)c2ccccc2)cc1N. The van der Waals surface area contributed by atoms with E-state index in [0.29, 0.717) is 23.5 Å². The van der Waals surface area contributed by atoms with Crippen LogP contribution in [0.3, 0.4) is 0 Å². The van der Waals surface area contributed by atoms with E-state index in [4.69, 9.17) is 17.5 Å². The second kappa shape index (κ2) is 6.33. The number of nitrogen functional groups attached to an aromatic ring is 1. The van der Waals surface area contributed by atoms with Crippen LogP contribution in [0.1, 0.15) is 6.42 Å². The first-order valence-electron chi connectivity index (χ1n) is 8.50. The molecule has 2 aliphatic rings. The number of hydrogen-bond donors (Lipinski definition) is 1. The second-order valence-electron chi connectivity index (χ2n) is 6.91. The van der Waals surface area contributed by atoms with E-state index in [1.165, 1.54) is 6.07 Å². The third-order valence-corrected chi connectivity index (χ3v) is 7.51. The van der Waals surface area contributed by atoms with Crippen LogP contribution in [0.25, 0.3) is 0 Å². The van der Waals surface area contributed by atoms with Crippen LogP contribution in [0.2, 0.25) is 0 Å². The molecule has 0 aromatic heterocycles. The van der Waals surface area contributed by atoms with Crippen molar-refractivity contribution >= 4 is 38.9 Å². The number of sulfonamides is 1. The fraction of sp³-hybridized carbons (Fsp3) is 0.333. The first-order valence-corrected chi connectivity index (χ1v) is 10.3. The Morgan fingerprint density at radius 1 is 1.12 bits per heavy atom. The van der Waals surface area contributed by atoms with E-state index in [1.807, 2.05) is 0 Å². The van der Waals surface area contributed by atoms with Crippen molar-refractivity contribution in [3.8, 4) is 0 Å². The van der Waals surface area contributed by atoms with Crippen molar-refractivity contribution in [1.82, 2.24) is 4.90 Å². The maximum Gasteiger partial charge on any atom is 0.278 e. The number of halogens is 1. The van der Waals surface area contributed by atoms with Crippen molar-refractivity contribution in [3.63, 3.8) is 0 Å². The number of rotatable bonds is 4. The van der Waals surface area contributed by atoms with Gasteiger partial charge in [0.2, 0.25) is 0 Å². The van der Waals surface area contributed by atoms with Gasteiger partial charge in [0.25, 0.3) is 10.0 Å². The van der Waals surface area contributed by atoms with Gasteiger partial charge in [-0.3, -0.25) is 4.90 Å². The maximum atomic E-state index is 12.8. The summed E-state index contributed by atoms with van der Waals surface area (Å²) >= 11 is 6.11. The van der Waals surface area contributed by atoms with Gasteiger partial charge < -0.3 is 10.6 Å². The van der Waals surface area contributed by atoms with E-state index < -0.39 is 10.0 Å². The molecule has 0 spiro atoms. The maximum absolute atomic E-state index is 12.8. The summed E-state index contributed by atoms with van der Waals surface area (Å²) in [4.78, 5) is 4.73. The fourth-order valence-corrected chi connectivity index (χ4v) is 5.34. The molecule has 2 aromatic carbocycles. The van der Waals surface area contributed by atoms with E-state index >= 15 is 0 Å². The summed E-state index contributed by atoms with van der Waals surface area (Å²) in [6, 6.07) is 14.4. The van der Waals surface area contributed by atoms with Gasteiger partial charge in [-0.15, -0.1) is 0 Å². The molecular weight excluding hydrogens is 372 g/mol. The van der Waals surface area contributed by atoms with Gasteiger partial charge in [-0.05, 0) is 43.8 Å². The Hall–Kier alpha value is -1.96. The topological polar surface area (TPSA) is 69.9 Å². The predicted molar refractivity (Wildman–Crippen MR) is 105 cm³/mol. The molecule has 6 nitrogen and oxygen atoms in total. The molecule has 2 unspecified atom stereocenters. The molecule has 0 amide bonds. The molecule has 0 aliphatic carbocycles. The Kier molecular flexibility index (Phi) is 4.25. The minimum Gasteiger partial charge on any atom is -0.397 e. The van der Waals surface area contributed by atoms with Gasteiger partial charge in [-0.25, -0.2) is 0 Å². The van der Waals surface area contributed by atoms with E-state index in [9.17, 15) is 8.42 Å². The number of nitrogens with zero attached hydrogens (tertiary/aromatic N) is 3.